The van der Waals surface area contributed by atoms with E-state index in [9.17, 15) is 4.79 Å². The third kappa shape index (κ3) is 6.32. The van der Waals surface area contributed by atoms with E-state index in [4.69, 9.17) is 11.6 Å². The van der Waals surface area contributed by atoms with Crippen molar-refractivity contribution < 1.29 is 4.79 Å². The first-order valence-electron chi connectivity index (χ1n) is 6.09. The van der Waals surface area contributed by atoms with Gasteiger partial charge in [-0.3, -0.25) is 4.79 Å². The summed E-state index contributed by atoms with van der Waals surface area (Å²) in [6.45, 7) is 5.07. The van der Waals surface area contributed by atoms with E-state index in [1.165, 1.54) is 0 Å². The summed E-state index contributed by atoms with van der Waals surface area (Å²) in [5, 5.41) is 3.65. The van der Waals surface area contributed by atoms with Gasteiger partial charge in [0.2, 0.25) is 5.91 Å². The molecule has 0 spiro atoms. The number of rotatable bonds is 6. The van der Waals surface area contributed by atoms with Gasteiger partial charge in [0.05, 0.1) is 0 Å². The molecule has 0 radical (unpaired) electrons. The number of nitrogens with one attached hydrogen (secondary N) is 1. The van der Waals surface area contributed by atoms with Gasteiger partial charge in [0, 0.05) is 18.0 Å². The zero-order valence-electron chi connectivity index (χ0n) is 10.5. The lowest BCUT2D eigenvalue weighted by molar-refractivity contribution is -0.121. The maximum absolute atomic E-state index is 11.5. The molecule has 0 unspecified atom stereocenters. The molecule has 1 amide bonds. The van der Waals surface area contributed by atoms with Crippen molar-refractivity contribution in [2.45, 2.75) is 33.1 Å². The Labute approximate surface area is 108 Å². The van der Waals surface area contributed by atoms with Gasteiger partial charge in [0.15, 0.2) is 0 Å². The Morgan fingerprint density at radius 1 is 1.41 bits per heavy atom. The van der Waals surface area contributed by atoms with Crippen LogP contribution in [0.2, 0.25) is 5.02 Å². The minimum absolute atomic E-state index is 0.116. The molecule has 2 nitrogen and oxygen atoms in total. The number of hydrogen-bond donors (Lipinski definition) is 1. The van der Waals surface area contributed by atoms with Crippen LogP contribution in [0.1, 0.15) is 32.3 Å². The van der Waals surface area contributed by atoms with Crippen LogP contribution in [0.4, 0.5) is 0 Å². The van der Waals surface area contributed by atoms with E-state index in [2.05, 4.69) is 19.2 Å². The first-order valence-corrected chi connectivity index (χ1v) is 6.47. The predicted molar refractivity (Wildman–Crippen MR) is 72.2 cm³/mol. The highest BCUT2D eigenvalue weighted by atomic mass is 35.5. The summed E-state index contributed by atoms with van der Waals surface area (Å²) < 4.78 is 0. The smallest absolute Gasteiger partial charge is 0.220 e. The number of aryl methyl sites for hydroxylation is 1. The van der Waals surface area contributed by atoms with Crippen LogP contribution in [0.25, 0.3) is 0 Å². The second-order valence-electron chi connectivity index (χ2n) is 4.66. The highest BCUT2D eigenvalue weighted by molar-refractivity contribution is 6.30. The number of halogens is 1. The molecule has 0 fully saturated rings. The summed E-state index contributed by atoms with van der Waals surface area (Å²) >= 11 is 5.88. The van der Waals surface area contributed by atoms with Gasteiger partial charge in [0.25, 0.3) is 0 Å². The fourth-order valence-electron chi connectivity index (χ4n) is 1.54. The predicted octanol–water partition coefficient (Wildman–Crippen LogP) is 3.43. The largest absolute Gasteiger partial charge is 0.356 e. The molecule has 0 saturated carbocycles. The van der Waals surface area contributed by atoms with Gasteiger partial charge in [-0.1, -0.05) is 37.6 Å². The van der Waals surface area contributed by atoms with E-state index in [1.54, 1.807) is 0 Å². The normalized spacial score (nSPS) is 10.6. The average Bonchev–Trinajstić information content (AvgIpc) is 2.26. The van der Waals surface area contributed by atoms with Gasteiger partial charge in [-0.2, -0.15) is 0 Å². The van der Waals surface area contributed by atoms with E-state index in [1.807, 2.05) is 24.3 Å². The molecule has 1 aromatic rings. The van der Waals surface area contributed by atoms with Crippen molar-refractivity contribution in [2.75, 3.05) is 6.54 Å². The Morgan fingerprint density at radius 3 is 2.82 bits per heavy atom. The quantitative estimate of drug-likeness (QED) is 0.827. The molecule has 0 heterocycles. The van der Waals surface area contributed by atoms with Crippen LogP contribution in [-0.2, 0) is 11.2 Å². The van der Waals surface area contributed by atoms with Gasteiger partial charge in [-0.05, 0) is 36.5 Å². The highest BCUT2D eigenvalue weighted by Gasteiger charge is 2.02. The summed E-state index contributed by atoms with van der Waals surface area (Å²) in [6, 6.07) is 7.65. The fourth-order valence-corrected chi connectivity index (χ4v) is 1.75. The lowest BCUT2D eigenvalue weighted by Crippen LogP contribution is -2.25. The van der Waals surface area contributed by atoms with E-state index in [-0.39, 0.29) is 5.91 Å². The minimum atomic E-state index is 0.116. The topological polar surface area (TPSA) is 29.1 Å². The van der Waals surface area contributed by atoms with E-state index >= 15 is 0 Å². The summed E-state index contributed by atoms with van der Waals surface area (Å²) in [4.78, 5) is 11.5. The zero-order valence-corrected chi connectivity index (χ0v) is 11.3. The van der Waals surface area contributed by atoms with Crippen LogP contribution >= 0.6 is 11.6 Å². The van der Waals surface area contributed by atoms with Crippen molar-refractivity contribution in [1.29, 1.82) is 0 Å². The van der Waals surface area contributed by atoms with Gasteiger partial charge in [-0.15, -0.1) is 0 Å². The average molecular weight is 254 g/mol. The minimum Gasteiger partial charge on any atom is -0.356 e. The molecule has 0 bridgehead atoms. The molecule has 0 saturated heterocycles. The van der Waals surface area contributed by atoms with Crippen molar-refractivity contribution in [3.63, 3.8) is 0 Å². The third-order valence-corrected chi connectivity index (χ3v) is 2.81. The highest BCUT2D eigenvalue weighted by Crippen LogP contribution is 2.12. The van der Waals surface area contributed by atoms with Crippen molar-refractivity contribution >= 4 is 17.5 Å². The molecule has 0 aliphatic carbocycles. The molecule has 1 N–H and O–H groups in total. The Kier molecular flexibility index (Phi) is 6.06. The lowest BCUT2D eigenvalue weighted by atomic mass is 10.1. The number of hydrogen-bond acceptors (Lipinski definition) is 1. The molecule has 94 valence electrons. The van der Waals surface area contributed by atoms with Crippen molar-refractivity contribution in [3.05, 3.63) is 34.9 Å². The Hall–Kier alpha value is -1.02. The van der Waals surface area contributed by atoms with Crippen LogP contribution < -0.4 is 5.32 Å². The van der Waals surface area contributed by atoms with Crippen molar-refractivity contribution in [2.24, 2.45) is 5.92 Å². The number of amides is 1. The van der Waals surface area contributed by atoms with Gasteiger partial charge >= 0.3 is 0 Å². The second-order valence-corrected chi connectivity index (χ2v) is 5.10. The molecular formula is C14H20ClNO. The number of carbonyl (C=O) groups excluding carboxylic acids is 1. The molecule has 0 aliphatic heterocycles. The van der Waals surface area contributed by atoms with Crippen molar-refractivity contribution in [3.8, 4) is 0 Å². The maximum Gasteiger partial charge on any atom is 0.220 e. The third-order valence-electron chi connectivity index (χ3n) is 2.57. The summed E-state index contributed by atoms with van der Waals surface area (Å²) in [5.41, 5.74) is 1.11. The molecule has 1 rings (SSSR count). The molecule has 1 aromatic carbocycles. The SMILES string of the molecule is CC(C)CCNC(=O)CCc1cccc(Cl)c1. The van der Waals surface area contributed by atoms with Crippen molar-refractivity contribution in [1.82, 2.24) is 5.32 Å². The number of carbonyl (C=O) groups is 1. The Morgan fingerprint density at radius 2 is 2.18 bits per heavy atom. The van der Waals surface area contributed by atoms with Crippen LogP contribution in [0.3, 0.4) is 0 Å². The van der Waals surface area contributed by atoms with Gasteiger partial charge < -0.3 is 5.32 Å². The second kappa shape index (κ2) is 7.33. The van der Waals surface area contributed by atoms with Crippen LogP contribution in [0, 0.1) is 5.92 Å². The van der Waals surface area contributed by atoms with Crippen LogP contribution in [-0.4, -0.2) is 12.5 Å². The summed E-state index contributed by atoms with van der Waals surface area (Å²) in [7, 11) is 0. The summed E-state index contributed by atoms with van der Waals surface area (Å²) in [5.74, 6) is 0.744. The molecule has 0 aromatic heterocycles. The number of benzene rings is 1. The van der Waals surface area contributed by atoms with Gasteiger partial charge in [-0.25, -0.2) is 0 Å². The fraction of sp³-hybridized carbons (Fsp3) is 0.500. The van der Waals surface area contributed by atoms with Gasteiger partial charge in [0.1, 0.15) is 0 Å². The van der Waals surface area contributed by atoms with E-state index < -0.39 is 0 Å². The molecular weight excluding hydrogens is 234 g/mol. The lowest BCUT2D eigenvalue weighted by Gasteiger charge is -2.07. The molecule has 17 heavy (non-hydrogen) atoms. The molecule has 3 heteroatoms. The molecule has 0 atom stereocenters. The van der Waals surface area contributed by atoms with Crippen LogP contribution in [0.15, 0.2) is 24.3 Å². The monoisotopic (exact) mass is 253 g/mol. The Bertz CT molecular complexity index is 363. The zero-order chi connectivity index (χ0) is 12.7. The maximum atomic E-state index is 11.5. The molecule has 0 aliphatic rings. The first-order chi connectivity index (χ1) is 8.08. The van der Waals surface area contributed by atoms with Crippen LogP contribution in [0.5, 0.6) is 0 Å². The first kappa shape index (κ1) is 14.0. The standard InChI is InChI=1S/C14H20ClNO/c1-11(2)8-9-16-14(17)7-6-12-4-3-5-13(15)10-12/h3-5,10-11H,6-9H2,1-2H3,(H,16,17). The van der Waals surface area contributed by atoms with E-state index in [0.717, 1.165) is 30.0 Å². The van der Waals surface area contributed by atoms with E-state index in [0.29, 0.717) is 12.3 Å². The Balaban J connectivity index is 2.24. The summed E-state index contributed by atoms with van der Waals surface area (Å²) in [6.07, 6.45) is 2.30.